The summed E-state index contributed by atoms with van der Waals surface area (Å²) in [6.45, 7) is 3.63. The van der Waals surface area contributed by atoms with E-state index in [9.17, 15) is 18.0 Å². The molecule has 0 spiro atoms. The van der Waals surface area contributed by atoms with E-state index in [4.69, 9.17) is 5.73 Å². The minimum absolute atomic E-state index is 0.0987. The van der Waals surface area contributed by atoms with E-state index < -0.39 is 35.1 Å². The third-order valence-corrected chi connectivity index (χ3v) is 2.85. The second-order valence-electron chi connectivity index (χ2n) is 4.12. The van der Waals surface area contributed by atoms with Gasteiger partial charge in [-0.1, -0.05) is 20.3 Å². The Bertz CT molecular complexity index is 451. The molecule has 0 bridgehead atoms. The molecule has 1 rings (SSSR count). The molecule has 6 heteroatoms. The van der Waals surface area contributed by atoms with Crippen LogP contribution < -0.4 is 11.1 Å². The summed E-state index contributed by atoms with van der Waals surface area (Å²) in [5.41, 5.74) is 5.22. The van der Waals surface area contributed by atoms with E-state index in [0.717, 1.165) is 12.1 Å². The summed E-state index contributed by atoms with van der Waals surface area (Å²) in [4.78, 5) is 11.6. The molecule has 0 heterocycles. The maximum absolute atomic E-state index is 13.3. The van der Waals surface area contributed by atoms with E-state index >= 15 is 0 Å². The maximum Gasteiger partial charge on any atom is 0.241 e. The summed E-state index contributed by atoms with van der Waals surface area (Å²) in [7, 11) is 0. The van der Waals surface area contributed by atoms with E-state index in [-0.39, 0.29) is 5.92 Å². The van der Waals surface area contributed by atoms with Crippen LogP contribution in [0.5, 0.6) is 0 Å². The smallest absolute Gasteiger partial charge is 0.241 e. The lowest BCUT2D eigenvalue weighted by atomic mass is 9.99. The van der Waals surface area contributed by atoms with Crippen molar-refractivity contribution < 1.29 is 18.0 Å². The Hall–Kier alpha value is -1.56. The van der Waals surface area contributed by atoms with Crippen molar-refractivity contribution in [1.29, 1.82) is 0 Å². The molecule has 0 aromatic heterocycles. The van der Waals surface area contributed by atoms with E-state index in [2.05, 4.69) is 5.32 Å². The van der Waals surface area contributed by atoms with Gasteiger partial charge in [-0.3, -0.25) is 4.79 Å². The molecular weight excluding hydrogens is 245 g/mol. The molecule has 2 atom stereocenters. The van der Waals surface area contributed by atoms with Crippen LogP contribution in [0.4, 0.5) is 18.9 Å². The minimum Gasteiger partial charge on any atom is -0.322 e. The zero-order valence-electron chi connectivity index (χ0n) is 10.1. The number of halogens is 3. The van der Waals surface area contributed by atoms with Gasteiger partial charge in [-0.2, -0.15) is 0 Å². The molecule has 0 saturated heterocycles. The van der Waals surface area contributed by atoms with Gasteiger partial charge in [0.05, 0.1) is 11.7 Å². The topological polar surface area (TPSA) is 55.1 Å². The number of carbonyl (C=O) groups excluding carboxylic acids is 1. The first-order valence-corrected chi connectivity index (χ1v) is 5.58. The van der Waals surface area contributed by atoms with Crippen LogP contribution in [0.3, 0.4) is 0 Å². The van der Waals surface area contributed by atoms with Gasteiger partial charge in [0.25, 0.3) is 0 Å². The van der Waals surface area contributed by atoms with E-state index in [0.29, 0.717) is 6.42 Å². The van der Waals surface area contributed by atoms with Gasteiger partial charge in [-0.25, -0.2) is 13.2 Å². The summed E-state index contributed by atoms with van der Waals surface area (Å²) >= 11 is 0. The van der Waals surface area contributed by atoms with Gasteiger partial charge < -0.3 is 11.1 Å². The molecule has 0 unspecified atom stereocenters. The zero-order valence-corrected chi connectivity index (χ0v) is 10.1. The van der Waals surface area contributed by atoms with Crippen molar-refractivity contribution in [2.24, 2.45) is 11.7 Å². The summed E-state index contributed by atoms with van der Waals surface area (Å²) < 4.78 is 38.9. The van der Waals surface area contributed by atoms with Crippen LogP contribution in [0.1, 0.15) is 20.3 Å². The Labute approximate surface area is 103 Å². The van der Waals surface area contributed by atoms with E-state index in [1.807, 2.05) is 6.92 Å². The van der Waals surface area contributed by atoms with Crippen molar-refractivity contribution in [3.63, 3.8) is 0 Å². The Morgan fingerprint density at radius 3 is 2.50 bits per heavy atom. The average Bonchev–Trinajstić information content (AvgIpc) is 2.37. The van der Waals surface area contributed by atoms with Crippen LogP contribution in [0.25, 0.3) is 0 Å². The fraction of sp³-hybridized carbons (Fsp3) is 0.417. The Balaban J connectivity index is 2.86. The molecule has 0 fully saturated rings. The first kappa shape index (κ1) is 14.5. The molecule has 0 aliphatic heterocycles. The largest absolute Gasteiger partial charge is 0.322 e. The number of carbonyl (C=O) groups is 1. The monoisotopic (exact) mass is 260 g/mol. The van der Waals surface area contributed by atoms with Crippen molar-refractivity contribution in [1.82, 2.24) is 0 Å². The Morgan fingerprint density at radius 2 is 1.94 bits per heavy atom. The predicted octanol–water partition coefficient (Wildman–Crippen LogP) is 2.42. The van der Waals surface area contributed by atoms with Crippen LogP contribution in [-0.2, 0) is 4.79 Å². The summed E-state index contributed by atoms with van der Waals surface area (Å²) in [5, 5.41) is 2.15. The number of hydrogen-bond acceptors (Lipinski definition) is 2. The van der Waals surface area contributed by atoms with Gasteiger partial charge in [0.1, 0.15) is 0 Å². The zero-order chi connectivity index (χ0) is 13.9. The van der Waals surface area contributed by atoms with Crippen molar-refractivity contribution in [2.75, 3.05) is 5.32 Å². The molecule has 1 aromatic rings. The van der Waals surface area contributed by atoms with Crippen LogP contribution in [-0.4, -0.2) is 11.9 Å². The molecule has 1 amide bonds. The first-order chi connectivity index (χ1) is 8.38. The number of benzene rings is 1. The van der Waals surface area contributed by atoms with Gasteiger partial charge in [0.2, 0.25) is 5.91 Å². The standard InChI is InChI=1S/C12H15F3N2O/c1-3-6(2)11(16)12(18)17-8-5-4-7(13)9(14)10(8)15/h4-6,11H,3,16H2,1-2H3,(H,17,18)/t6-,11-/m0/s1. The molecule has 100 valence electrons. The second kappa shape index (κ2) is 5.86. The number of anilines is 1. The highest BCUT2D eigenvalue weighted by Crippen LogP contribution is 2.20. The average molecular weight is 260 g/mol. The van der Waals surface area contributed by atoms with Crippen LogP contribution in [0.15, 0.2) is 12.1 Å². The van der Waals surface area contributed by atoms with Crippen molar-refractivity contribution >= 4 is 11.6 Å². The van der Waals surface area contributed by atoms with Gasteiger partial charge in [0, 0.05) is 0 Å². The summed E-state index contributed by atoms with van der Waals surface area (Å²) in [5.74, 6) is -5.09. The molecule has 3 nitrogen and oxygen atoms in total. The van der Waals surface area contributed by atoms with Gasteiger partial charge in [0.15, 0.2) is 17.5 Å². The highest BCUT2D eigenvalue weighted by molar-refractivity contribution is 5.94. The first-order valence-electron chi connectivity index (χ1n) is 5.58. The Kier molecular flexibility index (Phi) is 4.72. The normalized spacial score (nSPS) is 14.1. The fourth-order valence-electron chi connectivity index (χ4n) is 1.35. The van der Waals surface area contributed by atoms with E-state index in [1.54, 1.807) is 6.92 Å². The quantitative estimate of drug-likeness (QED) is 0.817. The fourth-order valence-corrected chi connectivity index (χ4v) is 1.35. The van der Waals surface area contributed by atoms with Crippen LogP contribution in [0.2, 0.25) is 0 Å². The number of amides is 1. The van der Waals surface area contributed by atoms with Crippen molar-refractivity contribution in [2.45, 2.75) is 26.3 Å². The lowest BCUT2D eigenvalue weighted by Crippen LogP contribution is -2.40. The molecule has 18 heavy (non-hydrogen) atoms. The van der Waals surface area contributed by atoms with Crippen LogP contribution >= 0.6 is 0 Å². The summed E-state index contributed by atoms with van der Waals surface area (Å²) in [6.07, 6.45) is 0.675. The highest BCUT2D eigenvalue weighted by Gasteiger charge is 2.22. The lowest BCUT2D eigenvalue weighted by molar-refractivity contribution is -0.118. The SMILES string of the molecule is CC[C@H](C)[C@H](N)C(=O)Nc1ccc(F)c(F)c1F. The number of nitrogens with two attached hydrogens (primary N) is 1. The number of nitrogens with one attached hydrogen (secondary N) is 1. The van der Waals surface area contributed by atoms with Crippen molar-refractivity contribution in [3.05, 3.63) is 29.6 Å². The minimum atomic E-state index is -1.62. The lowest BCUT2D eigenvalue weighted by Gasteiger charge is -2.18. The molecule has 1 aromatic carbocycles. The molecule has 0 radical (unpaired) electrons. The highest BCUT2D eigenvalue weighted by atomic mass is 19.2. The van der Waals surface area contributed by atoms with Crippen molar-refractivity contribution in [3.8, 4) is 0 Å². The predicted molar refractivity (Wildman–Crippen MR) is 62.4 cm³/mol. The molecule has 0 saturated carbocycles. The Morgan fingerprint density at radius 1 is 1.33 bits per heavy atom. The summed E-state index contributed by atoms with van der Waals surface area (Å²) in [6, 6.07) is 0.861. The third-order valence-electron chi connectivity index (χ3n) is 2.85. The number of hydrogen-bond donors (Lipinski definition) is 2. The number of rotatable bonds is 4. The van der Waals surface area contributed by atoms with Gasteiger partial charge in [-0.05, 0) is 18.1 Å². The molecule has 0 aliphatic carbocycles. The molecule has 3 N–H and O–H groups in total. The maximum atomic E-state index is 13.3. The molecule has 0 aliphatic rings. The molecular formula is C12H15F3N2O. The van der Waals surface area contributed by atoms with E-state index in [1.165, 1.54) is 0 Å². The van der Waals surface area contributed by atoms with Crippen LogP contribution in [0, 0.1) is 23.4 Å². The van der Waals surface area contributed by atoms with Gasteiger partial charge in [-0.15, -0.1) is 0 Å². The van der Waals surface area contributed by atoms with Gasteiger partial charge >= 0.3 is 0 Å². The third kappa shape index (κ3) is 3.01. The second-order valence-corrected chi connectivity index (χ2v) is 4.12.